The molecule has 1 fully saturated rings. The van der Waals surface area contributed by atoms with Crippen LogP contribution in [0.4, 0.5) is 14.6 Å². The second-order valence-corrected chi connectivity index (χ2v) is 10.8. The average molecular weight is 642 g/mol. The van der Waals surface area contributed by atoms with E-state index in [-0.39, 0.29) is 35.0 Å². The highest BCUT2D eigenvalue weighted by molar-refractivity contribution is 6.04. The van der Waals surface area contributed by atoms with Gasteiger partial charge in [-0.2, -0.15) is 0 Å². The SMILES string of the molecule is COc1cc2nccc(Oc3ccc(NC(=O)c4cn(CC(=O)N5CCCC5)cc(-c5ccc(F)cc5F)c4=O)nc3)c2cc1OC. The van der Waals surface area contributed by atoms with E-state index in [0.717, 1.165) is 25.0 Å². The lowest BCUT2D eigenvalue weighted by Gasteiger charge is -2.18. The number of benzene rings is 2. The van der Waals surface area contributed by atoms with E-state index in [1.54, 1.807) is 35.4 Å². The predicted molar refractivity (Wildman–Crippen MR) is 169 cm³/mol. The molecule has 0 bridgehead atoms. The highest BCUT2D eigenvalue weighted by Crippen LogP contribution is 2.36. The molecule has 240 valence electrons. The number of carbonyl (C=O) groups is 2. The van der Waals surface area contributed by atoms with Gasteiger partial charge in [-0.1, -0.05) is 0 Å². The standard InChI is InChI=1S/C34H29F2N5O6/c1-45-29-14-23-27(15-30(29)46-2)37-10-9-28(23)47-21-6-8-31(38-16-21)39-34(44)25-18-40(19-32(42)41-11-3-4-12-41)17-24(33(25)43)22-7-5-20(35)13-26(22)36/h5-10,13-18H,3-4,11-12,19H2,1-2H3,(H,38,39,44). The first-order valence-corrected chi connectivity index (χ1v) is 14.7. The van der Waals surface area contributed by atoms with Gasteiger partial charge in [0.05, 0.1) is 25.9 Å². The van der Waals surface area contributed by atoms with Crippen molar-refractivity contribution >= 4 is 28.5 Å². The molecule has 1 aliphatic heterocycles. The summed E-state index contributed by atoms with van der Waals surface area (Å²) in [6, 6.07) is 11.0. The van der Waals surface area contributed by atoms with Crippen LogP contribution < -0.4 is 25.0 Å². The van der Waals surface area contributed by atoms with Crippen molar-refractivity contribution in [3.8, 4) is 34.1 Å². The highest BCUT2D eigenvalue weighted by atomic mass is 19.1. The van der Waals surface area contributed by atoms with Crippen LogP contribution in [-0.2, 0) is 11.3 Å². The zero-order valence-electron chi connectivity index (χ0n) is 25.5. The number of ether oxygens (including phenoxy) is 3. The minimum atomic E-state index is -0.978. The number of fused-ring (bicyclic) bond motifs is 1. The Morgan fingerprint density at radius 3 is 2.36 bits per heavy atom. The topological polar surface area (TPSA) is 125 Å². The molecule has 0 radical (unpaired) electrons. The summed E-state index contributed by atoms with van der Waals surface area (Å²) in [6.45, 7) is 1.04. The van der Waals surface area contributed by atoms with E-state index in [4.69, 9.17) is 14.2 Å². The largest absolute Gasteiger partial charge is 0.493 e. The van der Waals surface area contributed by atoms with Crippen LogP contribution in [0.25, 0.3) is 22.0 Å². The van der Waals surface area contributed by atoms with Gasteiger partial charge in [0, 0.05) is 60.3 Å². The summed E-state index contributed by atoms with van der Waals surface area (Å²) in [5.41, 5.74) is -0.926. The molecule has 1 N–H and O–H groups in total. The fourth-order valence-corrected chi connectivity index (χ4v) is 5.37. The fourth-order valence-electron chi connectivity index (χ4n) is 5.37. The van der Waals surface area contributed by atoms with Gasteiger partial charge in [-0.3, -0.25) is 19.4 Å². The molecule has 47 heavy (non-hydrogen) atoms. The summed E-state index contributed by atoms with van der Waals surface area (Å²) in [5.74, 6) is -0.890. The lowest BCUT2D eigenvalue weighted by molar-refractivity contribution is -0.130. The third kappa shape index (κ3) is 6.59. The number of likely N-dealkylation sites (tertiary alicyclic amines) is 1. The normalized spacial score (nSPS) is 12.6. The maximum atomic E-state index is 14.8. The van der Waals surface area contributed by atoms with E-state index in [2.05, 4.69) is 15.3 Å². The first-order chi connectivity index (χ1) is 22.7. The maximum Gasteiger partial charge on any atom is 0.262 e. The molecule has 1 saturated heterocycles. The lowest BCUT2D eigenvalue weighted by atomic mass is 10.0. The van der Waals surface area contributed by atoms with Crippen molar-refractivity contribution in [1.82, 2.24) is 19.4 Å². The quantitative estimate of drug-likeness (QED) is 0.226. The van der Waals surface area contributed by atoms with Crippen LogP contribution in [0.3, 0.4) is 0 Å². The summed E-state index contributed by atoms with van der Waals surface area (Å²) in [7, 11) is 3.06. The highest BCUT2D eigenvalue weighted by Gasteiger charge is 2.22. The molecular formula is C34H29F2N5O6. The number of amides is 2. The van der Waals surface area contributed by atoms with Gasteiger partial charge in [-0.05, 0) is 49.2 Å². The number of nitrogens with zero attached hydrogens (tertiary/aromatic N) is 4. The van der Waals surface area contributed by atoms with E-state index in [0.29, 0.717) is 53.1 Å². The minimum Gasteiger partial charge on any atom is -0.493 e. The Kier molecular flexibility index (Phi) is 8.78. The van der Waals surface area contributed by atoms with E-state index in [1.807, 2.05) is 0 Å². The van der Waals surface area contributed by atoms with E-state index in [1.165, 1.54) is 43.4 Å². The summed E-state index contributed by atoms with van der Waals surface area (Å²) >= 11 is 0. The third-order valence-corrected chi connectivity index (χ3v) is 7.73. The second kappa shape index (κ2) is 13.3. The molecule has 5 aromatic rings. The zero-order chi connectivity index (χ0) is 33.1. The molecule has 2 amide bonds. The molecular weight excluding hydrogens is 612 g/mol. The molecule has 11 nitrogen and oxygen atoms in total. The van der Waals surface area contributed by atoms with Crippen molar-refractivity contribution in [1.29, 1.82) is 0 Å². The van der Waals surface area contributed by atoms with Crippen LogP contribution in [0.5, 0.6) is 23.0 Å². The van der Waals surface area contributed by atoms with E-state index >= 15 is 0 Å². The maximum absolute atomic E-state index is 14.8. The molecule has 0 spiro atoms. The van der Waals surface area contributed by atoms with Crippen LogP contribution >= 0.6 is 0 Å². The van der Waals surface area contributed by atoms with Gasteiger partial charge < -0.3 is 29.0 Å². The third-order valence-electron chi connectivity index (χ3n) is 7.73. The lowest BCUT2D eigenvalue weighted by Crippen LogP contribution is -2.32. The average Bonchev–Trinajstić information content (AvgIpc) is 3.62. The van der Waals surface area contributed by atoms with Crippen LogP contribution in [0, 0.1) is 11.6 Å². The number of aromatic nitrogens is 3. The van der Waals surface area contributed by atoms with Crippen LogP contribution in [-0.4, -0.2) is 58.6 Å². The number of anilines is 1. The molecule has 0 aliphatic carbocycles. The van der Waals surface area contributed by atoms with Gasteiger partial charge in [-0.25, -0.2) is 13.8 Å². The fraction of sp³-hybridized carbons (Fsp3) is 0.206. The zero-order valence-corrected chi connectivity index (χ0v) is 25.5. The molecule has 13 heteroatoms. The van der Waals surface area contributed by atoms with Crippen molar-refractivity contribution in [2.24, 2.45) is 0 Å². The van der Waals surface area contributed by atoms with Gasteiger partial charge in [0.15, 0.2) is 11.5 Å². The molecule has 2 aromatic carbocycles. The molecule has 0 unspecified atom stereocenters. The Morgan fingerprint density at radius 1 is 0.894 bits per heavy atom. The second-order valence-electron chi connectivity index (χ2n) is 10.8. The number of halogens is 2. The Morgan fingerprint density at radius 2 is 1.66 bits per heavy atom. The first kappa shape index (κ1) is 31.1. The van der Waals surface area contributed by atoms with Crippen molar-refractivity contribution in [2.75, 3.05) is 32.6 Å². The number of pyridine rings is 3. The Bertz CT molecular complexity index is 2040. The Hall–Kier alpha value is -5.85. The summed E-state index contributed by atoms with van der Waals surface area (Å²) in [5, 5.41) is 3.24. The minimum absolute atomic E-state index is 0.103. The predicted octanol–water partition coefficient (Wildman–Crippen LogP) is 5.42. The summed E-state index contributed by atoms with van der Waals surface area (Å²) in [4.78, 5) is 50.1. The van der Waals surface area contributed by atoms with E-state index < -0.39 is 23.0 Å². The van der Waals surface area contributed by atoms with Crippen molar-refractivity contribution in [3.05, 3.63) is 101 Å². The molecule has 6 rings (SSSR count). The number of rotatable bonds is 9. The number of hydrogen-bond acceptors (Lipinski definition) is 8. The van der Waals surface area contributed by atoms with E-state index in [9.17, 15) is 23.2 Å². The van der Waals surface area contributed by atoms with Gasteiger partial charge in [0.1, 0.15) is 41.1 Å². The summed E-state index contributed by atoms with van der Waals surface area (Å²) in [6.07, 6.45) is 7.28. The van der Waals surface area contributed by atoms with Crippen molar-refractivity contribution in [3.63, 3.8) is 0 Å². The molecule has 0 saturated carbocycles. The van der Waals surface area contributed by atoms with Crippen molar-refractivity contribution < 1.29 is 32.6 Å². The summed E-state index contributed by atoms with van der Waals surface area (Å²) < 4.78 is 46.6. The number of carbonyl (C=O) groups excluding carboxylic acids is 2. The van der Waals surface area contributed by atoms with Gasteiger partial charge in [-0.15, -0.1) is 0 Å². The van der Waals surface area contributed by atoms with Gasteiger partial charge in [0.2, 0.25) is 11.3 Å². The number of methoxy groups -OCH3 is 2. The molecule has 3 aromatic heterocycles. The Labute approximate surface area is 267 Å². The van der Waals surface area contributed by atoms with Gasteiger partial charge >= 0.3 is 0 Å². The number of hydrogen-bond donors (Lipinski definition) is 1. The number of nitrogens with one attached hydrogen (secondary N) is 1. The van der Waals surface area contributed by atoms with Gasteiger partial charge in [0.25, 0.3) is 5.91 Å². The molecule has 0 atom stereocenters. The van der Waals surface area contributed by atoms with Crippen molar-refractivity contribution in [2.45, 2.75) is 19.4 Å². The molecule has 1 aliphatic rings. The first-order valence-electron chi connectivity index (χ1n) is 14.7. The smallest absolute Gasteiger partial charge is 0.262 e. The van der Waals surface area contributed by atoms with Crippen LogP contribution in [0.1, 0.15) is 23.2 Å². The van der Waals surface area contributed by atoms with Crippen LogP contribution in [0.2, 0.25) is 0 Å². The Balaban J connectivity index is 1.26. The monoisotopic (exact) mass is 641 g/mol. The van der Waals surface area contributed by atoms with Crippen LogP contribution in [0.15, 0.2) is 78.1 Å². The molecule has 4 heterocycles.